The van der Waals surface area contributed by atoms with E-state index in [1.165, 1.54) is 31.4 Å². The van der Waals surface area contributed by atoms with Gasteiger partial charge in [-0.3, -0.25) is 4.79 Å². The average molecular weight is 371 g/mol. The lowest BCUT2D eigenvalue weighted by molar-refractivity contribution is -0.123. The van der Waals surface area contributed by atoms with E-state index in [2.05, 4.69) is 11.4 Å². The van der Waals surface area contributed by atoms with Crippen LogP contribution in [0.2, 0.25) is 0 Å². The molecule has 0 radical (unpaired) electrons. The number of benzene rings is 2. The molecule has 0 saturated carbocycles. The summed E-state index contributed by atoms with van der Waals surface area (Å²) in [5, 5.41) is 2.89. The molecule has 0 fully saturated rings. The first-order chi connectivity index (χ1) is 12.8. The zero-order valence-corrected chi connectivity index (χ0v) is 16.3. The van der Waals surface area contributed by atoms with Crippen molar-refractivity contribution >= 4 is 11.9 Å². The molecule has 27 heavy (non-hydrogen) atoms. The Hall–Kier alpha value is -3.02. The summed E-state index contributed by atoms with van der Waals surface area (Å²) in [6.07, 6.45) is 0. The second kappa shape index (κ2) is 9.07. The fourth-order valence-electron chi connectivity index (χ4n) is 2.57. The molecule has 1 N–H and O–H groups in total. The first kappa shape index (κ1) is 20.3. The summed E-state index contributed by atoms with van der Waals surface area (Å²) in [6, 6.07) is 10.6. The van der Waals surface area contributed by atoms with Gasteiger partial charge in [-0.1, -0.05) is 18.2 Å². The molecule has 2 aromatic rings. The topological polar surface area (TPSA) is 73.9 Å². The summed E-state index contributed by atoms with van der Waals surface area (Å²) in [4.78, 5) is 24.1. The molecule has 6 heteroatoms. The molecule has 0 spiro atoms. The van der Waals surface area contributed by atoms with Gasteiger partial charge in [0.15, 0.2) is 6.61 Å². The third kappa shape index (κ3) is 5.23. The maximum absolute atomic E-state index is 12.3. The molecule has 144 valence electrons. The van der Waals surface area contributed by atoms with Crippen LogP contribution in [0.25, 0.3) is 0 Å². The number of carbonyl (C=O) groups excluding carboxylic acids is 2. The van der Waals surface area contributed by atoms with E-state index in [0.717, 1.165) is 5.56 Å². The number of esters is 1. The Kier molecular flexibility index (Phi) is 6.82. The molecule has 0 aliphatic carbocycles. The fourth-order valence-corrected chi connectivity index (χ4v) is 2.57. The van der Waals surface area contributed by atoms with Crippen LogP contribution in [0.3, 0.4) is 0 Å². The van der Waals surface area contributed by atoms with Crippen LogP contribution >= 0.6 is 0 Å². The summed E-state index contributed by atoms with van der Waals surface area (Å²) >= 11 is 0. The number of methoxy groups -OCH3 is 2. The second-order valence-electron chi connectivity index (χ2n) is 6.28. The van der Waals surface area contributed by atoms with E-state index in [9.17, 15) is 9.59 Å². The quantitative estimate of drug-likeness (QED) is 0.756. The van der Waals surface area contributed by atoms with Crippen molar-refractivity contribution in [1.29, 1.82) is 0 Å². The molecule has 1 amide bonds. The van der Waals surface area contributed by atoms with Gasteiger partial charge in [-0.05, 0) is 49.6 Å². The van der Waals surface area contributed by atoms with Crippen molar-refractivity contribution in [2.75, 3.05) is 20.8 Å². The van der Waals surface area contributed by atoms with Gasteiger partial charge in [-0.15, -0.1) is 0 Å². The molecule has 1 atom stereocenters. The Morgan fingerprint density at radius 2 is 1.78 bits per heavy atom. The molecule has 2 aromatic carbocycles. The van der Waals surface area contributed by atoms with Gasteiger partial charge in [-0.25, -0.2) is 4.79 Å². The lowest BCUT2D eigenvalue weighted by Gasteiger charge is -2.17. The molecule has 0 bridgehead atoms. The number of amides is 1. The maximum atomic E-state index is 12.3. The number of ether oxygens (including phenoxy) is 3. The molecule has 0 aliphatic heterocycles. The van der Waals surface area contributed by atoms with Crippen LogP contribution < -0.4 is 14.8 Å². The van der Waals surface area contributed by atoms with E-state index >= 15 is 0 Å². The van der Waals surface area contributed by atoms with E-state index in [4.69, 9.17) is 14.2 Å². The Bertz CT molecular complexity index is 831. The Labute approximate surface area is 159 Å². The summed E-state index contributed by atoms with van der Waals surface area (Å²) < 4.78 is 15.4. The summed E-state index contributed by atoms with van der Waals surface area (Å²) in [5.41, 5.74) is 3.62. The van der Waals surface area contributed by atoms with Gasteiger partial charge in [0.2, 0.25) is 0 Å². The van der Waals surface area contributed by atoms with E-state index in [1.807, 2.05) is 32.9 Å². The van der Waals surface area contributed by atoms with Crippen LogP contribution in [0.5, 0.6) is 11.5 Å². The van der Waals surface area contributed by atoms with Gasteiger partial charge in [0.1, 0.15) is 17.1 Å². The molecule has 0 aromatic heterocycles. The van der Waals surface area contributed by atoms with E-state index in [0.29, 0.717) is 5.75 Å². The molecule has 1 unspecified atom stereocenters. The number of nitrogens with one attached hydrogen (secondary N) is 1. The molecule has 6 nitrogen and oxygen atoms in total. The van der Waals surface area contributed by atoms with Crippen LogP contribution in [0.15, 0.2) is 36.4 Å². The molecule has 0 aliphatic rings. The van der Waals surface area contributed by atoms with E-state index < -0.39 is 5.97 Å². The third-order valence-corrected chi connectivity index (χ3v) is 4.36. The van der Waals surface area contributed by atoms with Crippen LogP contribution in [0.1, 0.15) is 40.0 Å². The SMILES string of the molecule is COC(=O)c1ccc(OC)cc1OCC(=O)NC(C)c1ccc(C)c(C)c1. The smallest absolute Gasteiger partial charge is 0.341 e. The van der Waals surface area contributed by atoms with Crippen molar-refractivity contribution < 1.29 is 23.8 Å². The standard InChI is InChI=1S/C21H25NO5/c1-13-6-7-16(10-14(13)2)15(3)22-20(23)12-27-19-11-17(25-4)8-9-18(19)21(24)26-5/h6-11,15H,12H2,1-5H3,(H,22,23). The maximum Gasteiger partial charge on any atom is 0.341 e. The Morgan fingerprint density at radius 3 is 2.41 bits per heavy atom. The van der Waals surface area contributed by atoms with Crippen molar-refractivity contribution in [3.63, 3.8) is 0 Å². The predicted molar refractivity (Wildman–Crippen MR) is 102 cm³/mol. The van der Waals surface area contributed by atoms with Crippen molar-refractivity contribution in [1.82, 2.24) is 5.32 Å². The summed E-state index contributed by atoms with van der Waals surface area (Å²) in [6.45, 7) is 5.76. The van der Waals surface area contributed by atoms with Crippen LogP contribution in [-0.2, 0) is 9.53 Å². The van der Waals surface area contributed by atoms with Crippen molar-refractivity contribution in [3.05, 3.63) is 58.7 Å². The Morgan fingerprint density at radius 1 is 1.04 bits per heavy atom. The zero-order chi connectivity index (χ0) is 20.0. The second-order valence-corrected chi connectivity index (χ2v) is 6.28. The number of hydrogen-bond donors (Lipinski definition) is 1. The average Bonchev–Trinajstić information content (AvgIpc) is 2.67. The van der Waals surface area contributed by atoms with Gasteiger partial charge in [0, 0.05) is 6.07 Å². The normalized spacial score (nSPS) is 11.4. The molecule has 0 saturated heterocycles. The van der Waals surface area contributed by atoms with Gasteiger partial charge >= 0.3 is 5.97 Å². The number of hydrogen-bond acceptors (Lipinski definition) is 5. The van der Waals surface area contributed by atoms with Crippen LogP contribution in [0.4, 0.5) is 0 Å². The predicted octanol–water partition coefficient (Wildman–Crippen LogP) is 3.35. The highest BCUT2D eigenvalue weighted by Gasteiger charge is 2.16. The van der Waals surface area contributed by atoms with Crippen LogP contribution in [-0.4, -0.2) is 32.7 Å². The highest BCUT2D eigenvalue weighted by Crippen LogP contribution is 2.25. The summed E-state index contributed by atoms with van der Waals surface area (Å²) in [7, 11) is 2.79. The number of carbonyl (C=O) groups is 2. The highest BCUT2D eigenvalue weighted by molar-refractivity contribution is 5.92. The van der Waals surface area contributed by atoms with E-state index in [1.54, 1.807) is 12.1 Å². The Balaban J connectivity index is 2.04. The lowest BCUT2D eigenvalue weighted by Crippen LogP contribution is -2.31. The zero-order valence-electron chi connectivity index (χ0n) is 16.3. The van der Waals surface area contributed by atoms with Crippen LogP contribution in [0, 0.1) is 13.8 Å². The molecular formula is C21H25NO5. The molecular weight excluding hydrogens is 346 g/mol. The lowest BCUT2D eigenvalue weighted by atomic mass is 10.0. The number of aryl methyl sites for hydroxylation is 2. The van der Waals surface area contributed by atoms with Crippen molar-refractivity contribution in [3.8, 4) is 11.5 Å². The first-order valence-electron chi connectivity index (χ1n) is 8.61. The van der Waals surface area contributed by atoms with Crippen molar-refractivity contribution in [2.24, 2.45) is 0 Å². The van der Waals surface area contributed by atoms with Gasteiger partial charge in [-0.2, -0.15) is 0 Å². The van der Waals surface area contributed by atoms with Gasteiger partial charge < -0.3 is 19.5 Å². The number of rotatable bonds is 7. The minimum atomic E-state index is -0.545. The van der Waals surface area contributed by atoms with Crippen molar-refractivity contribution in [2.45, 2.75) is 26.8 Å². The minimum absolute atomic E-state index is 0.161. The van der Waals surface area contributed by atoms with Gasteiger partial charge in [0.25, 0.3) is 5.91 Å². The fraction of sp³-hybridized carbons (Fsp3) is 0.333. The largest absolute Gasteiger partial charge is 0.497 e. The molecule has 0 heterocycles. The minimum Gasteiger partial charge on any atom is -0.497 e. The molecule has 2 rings (SSSR count). The first-order valence-corrected chi connectivity index (χ1v) is 8.61. The van der Waals surface area contributed by atoms with Gasteiger partial charge in [0.05, 0.1) is 20.3 Å². The monoisotopic (exact) mass is 371 g/mol. The summed E-state index contributed by atoms with van der Waals surface area (Å²) in [5.74, 6) is -0.0901. The van der Waals surface area contributed by atoms with E-state index in [-0.39, 0.29) is 29.9 Å². The highest BCUT2D eigenvalue weighted by atomic mass is 16.5. The third-order valence-electron chi connectivity index (χ3n) is 4.36.